The Balaban J connectivity index is 1.73. The Labute approximate surface area is 163 Å². The molecule has 0 aliphatic carbocycles. The van der Waals surface area contributed by atoms with Crippen LogP contribution in [0.2, 0.25) is 10.0 Å². The average Bonchev–Trinajstić information content (AvgIpc) is 2.63. The molecular formula is C17H20Cl2N3O3S+. The largest absolute Gasteiger partial charge is 0.379 e. The highest BCUT2D eigenvalue weighted by Gasteiger charge is 2.27. The highest BCUT2D eigenvalue weighted by Crippen LogP contribution is 2.27. The van der Waals surface area contributed by atoms with Crippen molar-refractivity contribution in [2.75, 3.05) is 31.6 Å². The van der Waals surface area contributed by atoms with Gasteiger partial charge in [-0.2, -0.15) is 4.31 Å². The molecule has 0 bridgehead atoms. The first-order valence-corrected chi connectivity index (χ1v) is 10.4. The zero-order valence-electron chi connectivity index (χ0n) is 14.2. The minimum absolute atomic E-state index is 0.0854. The molecule has 2 aromatic rings. The Hall–Kier alpha value is -1.38. The van der Waals surface area contributed by atoms with Crippen molar-refractivity contribution in [1.29, 1.82) is 0 Å². The number of nitrogens with one attached hydrogen (secondary N) is 2. The molecule has 3 rings (SSSR count). The highest BCUT2D eigenvalue weighted by atomic mass is 35.5. The molecule has 2 N–H and O–H groups in total. The molecule has 0 amide bonds. The normalized spacial score (nSPS) is 17.0. The number of aromatic nitrogens is 1. The fourth-order valence-electron chi connectivity index (χ4n) is 2.76. The van der Waals surface area contributed by atoms with Crippen LogP contribution in [0.5, 0.6) is 0 Å². The maximum atomic E-state index is 12.6. The summed E-state index contributed by atoms with van der Waals surface area (Å²) in [6, 6.07) is 8.53. The molecule has 2 heterocycles. The van der Waals surface area contributed by atoms with Gasteiger partial charge in [-0.25, -0.2) is 13.4 Å². The lowest BCUT2D eigenvalue weighted by atomic mass is 10.1. The van der Waals surface area contributed by atoms with Crippen molar-refractivity contribution in [1.82, 2.24) is 4.31 Å². The number of morpholine rings is 1. The first kappa shape index (κ1) is 19.4. The molecule has 1 aliphatic heterocycles. The van der Waals surface area contributed by atoms with Gasteiger partial charge in [0.1, 0.15) is 17.1 Å². The molecule has 1 aromatic carbocycles. The van der Waals surface area contributed by atoms with Gasteiger partial charge in [-0.15, -0.1) is 0 Å². The Morgan fingerprint density at radius 3 is 2.54 bits per heavy atom. The van der Waals surface area contributed by atoms with Crippen molar-refractivity contribution in [2.45, 2.75) is 17.9 Å². The van der Waals surface area contributed by atoms with Gasteiger partial charge in [0, 0.05) is 34.8 Å². The van der Waals surface area contributed by atoms with E-state index in [4.69, 9.17) is 27.9 Å². The zero-order valence-corrected chi connectivity index (χ0v) is 16.5. The van der Waals surface area contributed by atoms with E-state index in [1.54, 1.807) is 24.3 Å². The number of H-pyrrole nitrogens is 1. The Morgan fingerprint density at radius 1 is 1.19 bits per heavy atom. The van der Waals surface area contributed by atoms with Gasteiger partial charge in [0.25, 0.3) is 5.82 Å². The molecule has 1 aliphatic rings. The molecule has 1 fully saturated rings. The molecule has 0 unspecified atom stereocenters. The fraction of sp³-hybridized carbons (Fsp3) is 0.353. The summed E-state index contributed by atoms with van der Waals surface area (Å²) in [6.45, 7) is 3.54. The van der Waals surface area contributed by atoms with Gasteiger partial charge >= 0.3 is 0 Å². The Morgan fingerprint density at radius 2 is 1.92 bits per heavy atom. The monoisotopic (exact) mass is 416 g/mol. The summed E-state index contributed by atoms with van der Waals surface area (Å²) < 4.78 is 31.9. The SMILES string of the molecule is C[C@@H](Nc1ccc(S(=O)(=O)N2CCOCC2)c[nH+]1)c1ccc(Cl)cc1Cl. The van der Waals surface area contributed by atoms with Crippen LogP contribution in [-0.4, -0.2) is 39.0 Å². The molecule has 1 aromatic heterocycles. The van der Waals surface area contributed by atoms with Crippen LogP contribution >= 0.6 is 23.2 Å². The van der Waals surface area contributed by atoms with Gasteiger partial charge in [-0.3, -0.25) is 5.32 Å². The van der Waals surface area contributed by atoms with Gasteiger partial charge in [-0.1, -0.05) is 29.3 Å². The van der Waals surface area contributed by atoms with Crippen LogP contribution in [0.15, 0.2) is 41.4 Å². The Bertz CT molecular complexity index is 869. The van der Waals surface area contributed by atoms with E-state index in [2.05, 4.69) is 10.3 Å². The second kappa shape index (κ2) is 8.10. The van der Waals surface area contributed by atoms with Crippen LogP contribution in [0.4, 0.5) is 5.82 Å². The summed E-state index contributed by atoms with van der Waals surface area (Å²) in [6.07, 6.45) is 1.49. The fourth-order valence-corrected chi connectivity index (χ4v) is 4.71. The number of nitrogens with zero attached hydrogens (tertiary/aromatic N) is 1. The maximum Gasteiger partial charge on any atom is 0.272 e. The number of rotatable bonds is 5. The summed E-state index contributed by atoms with van der Waals surface area (Å²) >= 11 is 12.2. The maximum absolute atomic E-state index is 12.6. The minimum atomic E-state index is -3.51. The predicted molar refractivity (Wildman–Crippen MR) is 101 cm³/mol. The van der Waals surface area contributed by atoms with Gasteiger partial charge in [-0.05, 0) is 25.1 Å². The number of ether oxygens (including phenoxy) is 1. The van der Waals surface area contributed by atoms with E-state index in [0.717, 1.165) is 5.56 Å². The predicted octanol–water partition coefficient (Wildman–Crippen LogP) is 3.00. The number of halogens is 2. The number of hydrogen-bond acceptors (Lipinski definition) is 4. The molecule has 26 heavy (non-hydrogen) atoms. The second-order valence-electron chi connectivity index (χ2n) is 5.99. The van der Waals surface area contributed by atoms with Crippen molar-refractivity contribution in [3.05, 3.63) is 52.1 Å². The summed E-state index contributed by atoms with van der Waals surface area (Å²) in [5.41, 5.74) is 0.898. The number of sulfonamides is 1. The van der Waals surface area contributed by atoms with Gasteiger partial charge < -0.3 is 4.74 Å². The summed E-state index contributed by atoms with van der Waals surface area (Å²) in [5, 5.41) is 4.42. The molecule has 0 saturated carbocycles. The second-order valence-corrected chi connectivity index (χ2v) is 8.77. The number of anilines is 1. The van der Waals surface area contributed by atoms with Crippen LogP contribution in [0.1, 0.15) is 18.5 Å². The van der Waals surface area contributed by atoms with E-state index in [1.165, 1.54) is 10.5 Å². The molecule has 9 heteroatoms. The molecule has 0 spiro atoms. The summed E-state index contributed by atoms with van der Waals surface area (Å²) in [7, 11) is -3.51. The van der Waals surface area contributed by atoms with Gasteiger partial charge in [0.15, 0.2) is 0 Å². The third-order valence-corrected chi connectivity index (χ3v) is 6.65. The number of hydrogen-bond donors (Lipinski definition) is 1. The van der Waals surface area contributed by atoms with E-state index in [9.17, 15) is 8.42 Å². The van der Waals surface area contributed by atoms with Crippen LogP contribution < -0.4 is 10.3 Å². The van der Waals surface area contributed by atoms with E-state index >= 15 is 0 Å². The van der Waals surface area contributed by atoms with Crippen molar-refractivity contribution >= 4 is 39.0 Å². The van der Waals surface area contributed by atoms with Crippen molar-refractivity contribution in [3.8, 4) is 0 Å². The van der Waals surface area contributed by atoms with Crippen molar-refractivity contribution in [2.24, 2.45) is 0 Å². The van der Waals surface area contributed by atoms with Crippen LogP contribution in [0.3, 0.4) is 0 Å². The first-order valence-electron chi connectivity index (χ1n) is 8.19. The molecule has 6 nitrogen and oxygen atoms in total. The lowest BCUT2D eigenvalue weighted by molar-refractivity contribution is -0.364. The van der Waals surface area contributed by atoms with Gasteiger partial charge in [0.05, 0.1) is 13.2 Å². The van der Waals surface area contributed by atoms with E-state index < -0.39 is 10.0 Å². The number of pyridine rings is 1. The van der Waals surface area contributed by atoms with Crippen LogP contribution in [0.25, 0.3) is 0 Å². The summed E-state index contributed by atoms with van der Waals surface area (Å²) in [4.78, 5) is 3.22. The number of benzene rings is 1. The third kappa shape index (κ3) is 4.29. The van der Waals surface area contributed by atoms with Gasteiger partial charge in [0.2, 0.25) is 10.0 Å². The van der Waals surface area contributed by atoms with E-state index in [0.29, 0.717) is 42.2 Å². The van der Waals surface area contributed by atoms with Crippen molar-refractivity contribution in [3.63, 3.8) is 0 Å². The highest BCUT2D eigenvalue weighted by molar-refractivity contribution is 7.89. The molecule has 0 radical (unpaired) electrons. The molecule has 140 valence electrons. The number of aromatic amines is 1. The molecule has 1 saturated heterocycles. The zero-order chi connectivity index (χ0) is 18.7. The standard InChI is InChI=1S/C17H19Cl2N3O3S/c1-12(15-4-2-13(18)10-16(15)19)21-17-5-3-14(11-20-17)26(23,24)22-6-8-25-9-7-22/h2-5,10-12H,6-9H2,1H3,(H,20,21)/p+1/t12-/m1/s1. The van der Waals surface area contributed by atoms with Crippen LogP contribution in [0, 0.1) is 0 Å². The van der Waals surface area contributed by atoms with Crippen LogP contribution in [-0.2, 0) is 14.8 Å². The lowest BCUT2D eigenvalue weighted by Gasteiger charge is -2.25. The minimum Gasteiger partial charge on any atom is -0.379 e. The first-order chi connectivity index (χ1) is 12.4. The molecule has 1 atom stereocenters. The quantitative estimate of drug-likeness (QED) is 0.812. The smallest absolute Gasteiger partial charge is 0.272 e. The van der Waals surface area contributed by atoms with Crippen molar-refractivity contribution < 1.29 is 18.1 Å². The van der Waals surface area contributed by atoms with E-state index in [-0.39, 0.29) is 10.9 Å². The third-order valence-electron chi connectivity index (χ3n) is 4.19. The summed E-state index contributed by atoms with van der Waals surface area (Å²) in [5.74, 6) is 0.685. The Kier molecular flexibility index (Phi) is 6.04. The lowest BCUT2D eigenvalue weighted by Crippen LogP contribution is -2.40. The average molecular weight is 417 g/mol. The topological polar surface area (TPSA) is 72.8 Å². The van der Waals surface area contributed by atoms with E-state index in [1.807, 2.05) is 13.0 Å². The molecular weight excluding hydrogens is 397 g/mol.